The summed E-state index contributed by atoms with van der Waals surface area (Å²) in [5.41, 5.74) is 5.96. The summed E-state index contributed by atoms with van der Waals surface area (Å²) in [7, 11) is 2.06. The van der Waals surface area contributed by atoms with E-state index in [-0.39, 0.29) is 0 Å². The van der Waals surface area contributed by atoms with Crippen LogP contribution in [0.25, 0.3) is 0 Å². The maximum Gasteiger partial charge on any atom is 0.191 e. The Hall–Kier alpha value is -0.770. The van der Waals surface area contributed by atoms with Crippen LogP contribution >= 0.6 is 0 Å². The highest BCUT2D eigenvalue weighted by Gasteiger charge is 2.27. The Bertz CT molecular complexity index is 278. The van der Waals surface area contributed by atoms with Crippen molar-refractivity contribution in [2.24, 2.45) is 16.6 Å². The zero-order valence-electron chi connectivity index (χ0n) is 11.9. The molecule has 0 spiro atoms. The first-order chi connectivity index (χ1) is 8.66. The van der Waals surface area contributed by atoms with Gasteiger partial charge in [-0.25, -0.2) is 0 Å². The van der Waals surface area contributed by atoms with Crippen LogP contribution in [0.2, 0.25) is 0 Å². The zero-order chi connectivity index (χ0) is 13.0. The van der Waals surface area contributed by atoms with E-state index in [0.29, 0.717) is 6.04 Å². The Morgan fingerprint density at radius 1 is 1.28 bits per heavy atom. The molecule has 0 aromatic rings. The molecule has 1 aliphatic carbocycles. The molecule has 18 heavy (non-hydrogen) atoms. The van der Waals surface area contributed by atoms with E-state index >= 15 is 0 Å². The molecule has 0 unspecified atom stereocenters. The minimum Gasteiger partial charge on any atom is -0.370 e. The highest BCUT2D eigenvalue weighted by molar-refractivity contribution is 5.78. The molecule has 1 saturated carbocycles. The van der Waals surface area contributed by atoms with Gasteiger partial charge in [0.15, 0.2) is 5.96 Å². The summed E-state index contributed by atoms with van der Waals surface area (Å²) < 4.78 is 0. The summed E-state index contributed by atoms with van der Waals surface area (Å²) in [6, 6.07) is 0.664. The van der Waals surface area contributed by atoms with Crippen LogP contribution in [0.4, 0.5) is 0 Å². The van der Waals surface area contributed by atoms with Crippen LogP contribution < -0.4 is 5.73 Å². The number of likely N-dealkylation sites (tertiary alicyclic amines) is 1. The maximum absolute atomic E-state index is 5.96. The van der Waals surface area contributed by atoms with Gasteiger partial charge in [-0.05, 0) is 57.7 Å². The second-order valence-corrected chi connectivity index (χ2v) is 5.96. The molecule has 0 atom stereocenters. The van der Waals surface area contributed by atoms with Gasteiger partial charge in [-0.2, -0.15) is 0 Å². The molecular weight excluding hydrogens is 224 g/mol. The van der Waals surface area contributed by atoms with Crippen molar-refractivity contribution in [2.45, 2.75) is 45.1 Å². The van der Waals surface area contributed by atoms with Crippen LogP contribution in [0.15, 0.2) is 4.99 Å². The van der Waals surface area contributed by atoms with Crippen molar-refractivity contribution in [1.29, 1.82) is 0 Å². The van der Waals surface area contributed by atoms with Crippen molar-refractivity contribution in [3.63, 3.8) is 0 Å². The van der Waals surface area contributed by atoms with Crippen LogP contribution in [-0.2, 0) is 0 Å². The predicted octanol–water partition coefficient (Wildman–Crippen LogP) is 1.52. The number of hydrogen-bond acceptors (Lipinski definition) is 2. The summed E-state index contributed by atoms with van der Waals surface area (Å²) in [5.74, 6) is 1.65. The van der Waals surface area contributed by atoms with Crippen molar-refractivity contribution in [3.8, 4) is 0 Å². The Kier molecular flexibility index (Phi) is 4.87. The fraction of sp³-hybridized carbons (Fsp3) is 0.929. The Morgan fingerprint density at radius 2 is 1.94 bits per heavy atom. The van der Waals surface area contributed by atoms with Crippen LogP contribution in [0.1, 0.15) is 39.0 Å². The lowest BCUT2D eigenvalue weighted by Crippen LogP contribution is -2.36. The van der Waals surface area contributed by atoms with E-state index in [0.717, 1.165) is 24.8 Å². The van der Waals surface area contributed by atoms with E-state index in [1.54, 1.807) is 0 Å². The van der Waals surface area contributed by atoms with Gasteiger partial charge < -0.3 is 15.5 Å². The van der Waals surface area contributed by atoms with E-state index in [4.69, 9.17) is 5.73 Å². The quantitative estimate of drug-likeness (QED) is 0.458. The number of rotatable bonds is 5. The van der Waals surface area contributed by atoms with Crippen molar-refractivity contribution < 1.29 is 0 Å². The molecule has 4 heteroatoms. The van der Waals surface area contributed by atoms with Gasteiger partial charge in [-0.3, -0.25) is 4.99 Å². The molecule has 4 nitrogen and oxygen atoms in total. The SMILES string of the molecule is CC1CCN(CCCN=C(N)N(C)C2CC2)CC1. The van der Waals surface area contributed by atoms with Crippen molar-refractivity contribution >= 4 is 5.96 Å². The summed E-state index contributed by atoms with van der Waals surface area (Å²) >= 11 is 0. The lowest BCUT2D eigenvalue weighted by atomic mass is 9.99. The molecule has 0 aromatic heterocycles. The highest BCUT2D eigenvalue weighted by Crippen LogP contribution is 2.24. The van der Waals surface area contributed by atoms with E-state index in [1.807, 2.05) is 0 Å². The molecule has 2 fully saturated rings. The van der Waals surface area contributed by atoms with Crippen LogP contribution in [-0.4, -0.2) is 55.0 Å². The first-order valence-electron chi connectivity index (χ1n) is 7.42. The number of nitrogens with zero attached hydrogens (tertiary/aromatic N) is 3. The van der Waals surface area contributed by atoms with E-state index < -0.39 is 0 Å². The van der Waals surface area contributed by atoms with E-state index in [9.17, 15) is 0 Å². The van der Waals surface area contributed by atoms with Gasteiger partial charge in [0, 0.05) is 19.6 Å². The molecular formula is C14H28N4. The van der Waals surface area contributed by atoms with Gasteiger partial charge in [-0.1, -0.05) is 6.92 Å². The molecule has 1 heterocycles. The predicted molar refractivity (Wildman–Crippen MR) is 76.7 cm³/mol. The molecule has 0 bridgehead atoms. The van der Waals surface area contributed by atoms with Crippen LogP contribution in [0, 0.1) is 5.92 Å². The van der Waals surface area contributed by atoms with Gasteiger partial charge in [-0.15, -0.1) is 0 Å². The zero-order valence-corrected chi connectivity index (χ0v) is 11.9. The van der Waals surface area contributed by atoms with Gasteiger partial charge in [0.05, 0.1) is 0 Å². The normalized spacial score (nSPS) is 23.3. The van der Waals surface area contributed by atoms with Crippen LogP contribution in [0.3, 0.4) is 0 Å². The van der Waals surface area contributed by atoms with Gasteiger partial charge in [0.1, 0.15) is 0 Å². The summed E-state index contributed by atoms with van der Waals surface area (Å²) in [5, 5.41) is 0. The first kappa shape index (κ1) is 13.7. The Balaban J connectivity index is 1.58. The topological polar surface area (TPSA) is 44.9 Å². The number of nitrogens with two attached hydrogens (primary N) is 1. The van der Waals surface area contributed by atoms with Crippen molar-refractivity contribution in [1.82, 2.24) is 9.80 Å². The summed E-state index contributed by atoms with van der Waals surface area (Å²) in [6.45, 7) is 6.94. The van der Waals surface area contributed by atoms with Gasteiger partial charge in [0.25, 0.3) is 0 Å². The first-order valence-corrected chi connectivity index (χ1v) is 7.42. The molecule has 1 aliphatic heterocycles. The fourth-order valence-electron chi connectivity index (χ4n) is 2.53. The van der Waals surface area contributed by atoms with Gasteiger partial charge in [0.2, 0.25) is 0 Å². The third-order valence-electron chi connectivity index (χ3n) is 4.24. The molecule has 104 valence electrons. The molecule has 0 radical (unpaired) electrons. The highest BCUT2D eigenvalue weighted by atomic mass is 15.3. The van der Waals surface area contributed by atoms with Crippen molar-refractivity contribution in [2.75, 3.05) is 33.2 Å². The second kappa shape index (κ2) is 6.41. The van der Waals surface area contributed by atoms with Gasteiger partial charge >= 0.3 is 0 Å². The molecule has 2 rings (SSSR count). The fourth-order valence-corrected chi connectivity index (χ4v) is 2.53. The number of aliphatic imine (C=N–C) groups is 1. The number of guanidine groups is 1. The average Bonchev–Trinajstić information content (AvgIpc) is 3.20. The molecule has 0 amide bonds. The third kappa shape index (κ3) is 4.16. The maximum atomic E-state index is 5.96. The minimum atomic E-state index is 0.664. The lowest BCUT2D eigenvalue weighted by molar-refractivity contribution is 0.191. The van der Waals surface area contributed by atoms with E-state index in [1.165, 1.54) is 45.3 Å². The Labute approximate surface area is 111 Å². The number of hydrogen-bond donors (Lipinski definition) is 1. The molecule has 2 N–H and O–H groups in total. The smallest absolute Gasteiger partial charge is 0.191 e. The Morgan fingerprint density at radius 3 is 2.56 bits per heavy atom. The number of piperidine rings is 1. The average molecular weight is 252 g/mol. The lowest BCUT2D eigenvalue weighted by Gasteiger charge is -2.29. The third-order valence-corrected chi connectivity index (χ3v) is 4.24. The largest absolute Gasteiger partial charge is 0.370 e. The van der Waals surface area contributed by atoms with Crippen molar-refractivity contribution in [3.05, 3.63) is 0 Å². The van der Waals surface area contributed by atoms with Crippen LogP contribution in [0.5, 0.6) is 0 Å². The summed E-state index contributed by atoms with van der Waals surface area (Å²) in [4.78, 5) is 9.17. The standard InChI is InChI=1S/C14H28N4/c1-12-6-10-18(11-7-12)9-3-8-16-14(15)17(2)13-4-5-13/h12-13H,3-11H2,1-2H3,(H2,15,16). The minimum absolute atomic E-state index is 0.664. The second-order valence-electron chi connectivity index (χ2n) is 5.96. The molecule has 2 aliphatic rings. The molecule has 0 aromatic carbocycles. The molecule has 1 saturated heterocycles. The summed E-state index contributed by atoms with van der Waals surface area (Å²) in [6.07, 6.45) is 6.40. The van der Waals surface area contributed by atoms with E-state index in [2.05, 4.69) is 28.8 Å². The monoisotopic (exact) mass is 252 g/mol.